The molecule has 2 amide bonds. The molecule has 2 aromatic carbocycles. The highest BCUT2D eigenvalue weighted by Gasteiger charge is 2.12. The Morgan fingerprint density at radius 3 is 2.27 bits per heavy atom. The molecule has 0 aromatic heterocycles. The summed E-state index contributed by atoms with van der Waals surface area (Å²) in [6.45, 7) is 7.22. The summed E-state index contributed by atoms with van der Waals surface area (Å²) in [5, 5.41) is 5.39. The molecule has 5 nitrogen and oxygen atoms in total. The molecule has 0 fully saturated rings. The third-order valence-corrected chi connectivity index (χ3v) is 3.53. The van der Waals surface area contributed by atoms with Gasteiger partial charge in [0.15, 0.2) is 0 Å². The molecule has 0 unspecified atom stereocenters. The van der Waals surface area contributed by atoms with Gasteiger partial charge in [0, 0.05) is 12.6 Å². The van der Waals surface area contributed by atoms with Gasteiger partial charge in [-0.3, -0.25) is 9.59 Å². The highest BCUT2D eigenvalue weighted by Crippen LogP contribution is 2.18. The minimum absolute atomic E-state index is 0.0823. The van der Waals surface area contributed by atoms with Gasteiger partial charge in [0.1, 0.15) is 11.4 Å². The minimum Gasteiger partial charge on any atom is -0.491 e. The van der Waals surface area contributed by atoms with E-state index in [-0.39, 0.29) is 23.6 Å². The van der Waals surface area contributed by atoms with Crippen LogP contribution in [-0.4, -0.2) is 17.9 Å². The smallest absolute Gasteiger partial charge is 0.272 e. The number of hydrogen-bond donors (Lipinski definition) is 2. The first-order valence-electron chi connectivity index (χ1n) is 8.48. The fourth-order valence-corrected chi connectivity index (χ4v) is 2.34. The molecule has 0 aliphatic carbocycles. The standard InChI is InChI=1S/C21H24N2O3/c1-14(2)26-19-11-9-18(10-12-19)23-21(25)20(22-16(4)24)13-17-8-6-5-7-15(17)3/h5-14H,1-4H3,(H,22,24)(H,23,25)/b20-13+. The molecular formula is C21H24N2O3. The van der Waals surface area contributed by atoms with Gasteiger partial charge >= 0.3 is 0 Å². The molecule has 2 rings (SSSR count). The van der Waals surface area contributed by atoms with Crippen LogP contribution >= 0.6 is 0 Å². The van der Waals surface area contributed by atoms with Crippen LogP contribution in [0.15, 0.2) is 54.2 Å². The average molecular weight is 352 g/mol. The second kappa shape index (κ2) is 8.85. The molecule has 0 saturated carbocycles. The van der Waals surface area contributed by atoms with Crippen LogP contribution in [0.25, 0.3) is 6.08 Å². The van der Waals surface area contributed by atoms with Crippen LogP contribution < -0.4 is 15.4 Å². The number of carbonyl (C=O) groups is 2. The predicted octanol–water partition coefficient (Wildman–Crippen LogP) is 3.90. The number of carbonyl (C=O) groups excluding carboxylic acids is 2. The maximum atomic E-state index is 12.6. The van der Waals surface area contributed by atoms with Gasteiger partial charge in [-0.25, -0.2) is 0 Å². The Balaban J connectivity index is 2.19. The zero-order chi connectivity index (χ0) is 19.1. The molecule has 2 N–H and O–H groups in total. The molecule has 0 aliphatic rings. The first kappa shape index (κ1) is 19.2. The van der Waals surface area contributed by atoms with Gasteiger partial charge in [0.25, 0.3) is 5.91 Å². The molecule has 5 heteroatoms. The lowest BCUT2D eigenvalue weighted by molar-refractivity contribution is -0.120. The van der Waals surface area contributed by atoms with Crippen molar-refractivity contribution in [3.05, 3.63) is 65.4 Å². The van der Waals surface area contributed by atoms with Gasteiger partial charge in [0.2, 0.25) is 5.91 Å². The first-order chi connectivity index (χ1) is 12.3. The van der Waals surface area contributed by atoms with Crippen LogP contribution in [0.1, 0.15) is 31.9 Å². The Bertz CT molecular complexity index is 808. The molecule has 0 aliphatic heterocycles. The van der Waals surface area contributed by atoms with Crippen LogP contribution in [-0.2, 0) is 9.59 Å². The molecular weight excluding hydrogens is 328 g/mol. The van der Waals surface area contributed by atoms with E-state index in [0.29, 0.717) is 5.69 Å². The summed E-state index contributed by atoms with van der Waals surface area (Å²) in [4.78, 5) is 24.1. The maximum absolute atomic E-state index is 12.6. The van der Waals surface area contributed by atoms with E-state index < -0.39 is 0 Å². The second-order valence-corrected chi connectivity index (χ2v) is 6.24. The number of nitrogens with one attached hydrogen (secondary N) is 2. The summed E-state index contributed by atoms with van der Waals surface area (Å²) in [5.41, 5.74) is 2.69. The number of anilines is 1. The highest BCUT2D eigenvalue weighted by molar-refractivity contribution is 6.08. The van der Waals surface area contributed by atoms with Crippen LogP contribution in [0.2, 0.25) is 0 Å². The van der Waals surface area contributed by atoms with Crippen molar-refractivity contribution in [2.24, 2.45) is 0 Å². The van der Waals surface area contributed by atoms with Crippen molar-refractivity contribution in [1.29, 1.82) is 0 Å². The van der Waals surface area contributed by atoms with Crippen molar-refractivity contribution >= 4 is 23.6 Å². The number of amides is 2. The third-order valence-electron chi connectivity index (χ3n) is 3.53. The topological polar surface area (TPSA) is 67.4 Å². The lowest BCUT2D eigenvalue weighted by atomic mass is 10.1. The molecule has 2 aromatic rings. The van der Waals surface area contributed by atoms with Gasteiger partial charge in [-0.05, 0) is 62.2 Å². The molecule has 136 valence electrons. The predicted molar refractivity (Wildman–Crippen MR) is 104 cm³/mol. The summed E-state index contributed by atoms with van der Waals surface area (Å²) in [5.74, 6) is 0.0391. The Labute approximate surface area is 154 Å². The summed E-state index contributed by atoms with van der Waals surface area (Å²) >= 11 is 0. The van der Waals surface area contributed by atoms with Crippen LogP contribution in [0.4, 0.5) is 5.69 Å². The van der Waals surface area contributed by atoms with Crippen LogP contribution in [0.5, 0.6) is 5.75 Å². The largest absolute Gasteiger partial charge is 0.491 e. The number of ether oxygens (including phenoxy) is 1. The maximum Gasteiger partial charge on any atom is 0.272 e. The quantitative estimate of drug-likeness (QED) is 0.775. The fraction of sp³-hybridized carbons (Fsp3) is 0.238. The molecule has 0 bridgehead atoms. The summed E-state index contributed by atoms with van der Waals surface area (Å²) in [6.07, 6.45) is 1.75. The molecule has 0 spiro atoms. The number of aryl methyl sites for hydroxylation is 1. The van der Waals surface area contributed by atoms with Crippen LogP contribution in [0.3, 0.4) is 0 Å². The van der Waals surface area contributed by atoms with E-state index in [1.54, 1.807) is 30.3 Å². The first-order valence-corrected chi connectivity index (χ1v) is 8.48. The minimum atomic E-state index is -0.388. The zero-order valence-corrected chi connectivity index (χ0v) is 15.5. The van der Waals surface area contributed by atoms with Crippen molar-refractivity contribution in [2.45, 2.75) is 33.8 Å². The van der Waals surface area contributed by atoms with E-state index in [1.807, 2.05) is 45.0 Å². The Morgan fingerprint density at radius 2 is 1.69 bits per heavy atom. The van der Waals surface area contributed by atoms with E-state index in [2.05, 4.69) is 10.6 Å². The van der Waals surface area contributed by atoms with E-state index in [4.69, 9.17) is 4.74 Å². The average Bonchev–Trinajstić information content (AvgIpc) is 2.57. The Hall–Kier alpha value is -3.08. The van der Waals surface area contributed by atoms with Gasteiger partial charge in [-0.15, -0.1) is 0 Å². The van der Waals surface area contributed by atoms with Crippen molar-refractivity contribution < 1.29 is 14.3 Å². The van der Waals surface area contributed by atoms with E-state index >= 15 is 0 Å². The van der Waals surface area contributed by atoms with Crippen molar-refractivity contribution in [1.82, 2.24) is 5.32 Å². The lowest BCUT2D eigenvalue weighted by Gasteiger charge is -2.12. The molecule has 0 radical (unpaired) electrons. The molecule has 26 heavy (non-hydrogen) atoms. The van der Waals surface area contributed by atoms with Gasteiger partial charge in [-0.1, -0.05) is 24.3 Å². The molecule has 0 saturated heterocycles. The van der Waals surface area contributed by atoms with Gasteiger partial charge in [0.05, 0.1) is 6.10 Å². The third kappa shape index (κ3) is 5.77. The highest BCUT2D eigenvalue weighted by atomic mass is 16.5. The van der Waals surface area contributed by atoms with E-state index in [1.165, 1.54) is 6.92 Å². The van der Waals surface area contributed by atoms with Crippen molar-refractivity contribution in [2.75, 3.05) is 5.32 Å². The summed E-state index contributed by atoms with van der Waals surface area (Å²) in [7, 11) is 0. The van der Waals surface area contributed by atoms with Crippen LogP contribution in [0, 0.1) is 6.92 Å². The summed E-state index contributed by atoms with van der Waals surface area (Å²) < 4.78 is 5.59. The molecule has 0 atom stereocenters. The Morgan fingerprint density at radius 1 is 1.04 bits per heavy atom. The number of benzene rings is 2. The van der Waals surface area contributed by atoms with Crippen molar-refractivity contribution in [3.8, 4) is 5.75 Å². The molecule has 0 heterocycles. The monoisotopic (exact) mass is 352 g/mol. The SMILES string of the molecule is CC(=O)N/C(=C/c1ccccc1C)C(=O)Nc1ccc(OC(C)C)cc1. The normalized spacial score (nSPS) is 11.2. The zero-order valence-electron chi connectivity index (χ0n) is 15.5. The Kier molecular flexibility index (Phi) is 6.55. The van der Waals surface area contributed by atoms with E-state index in [9.17, 15) is 9.59 Å². The second-order valence-electron chi connectivity index (χ2n) is 6.24. The van der Waals surface area contributed by atoms with Crippen molar-refractivity contribution in [3.63, 3.8) is 0 Å². The van der Waals surface area contributed by atoms with E-state index in [0.717, 1.165) is 16.9 Å². The van der Waals surface area contributed by atoms with Gasteiger partial charge < -0.3 is 15.4 Å². The number of hydrogen-bond acceptors (Lipinski definition) is 3. The fourth-order valence-electron chi connectivity index (χ4n) is 2.34. The lowest BCUT2D eigenvalue weighted by Crippen LogP contribution is -2.29. The number of rotatable bonds is 6. The van der Waals surface area contributed by atoms with Gasteiger partial charge in [-0.2, -0.15) is 0 Å². The summed E-state index contributed by atoms with van der Waals surface area (Å²) in [6, 6.07) is 14.7.